The van der Waals surface area contributed by atoms with Gasteiger partial charge in [0.2, 0.25) is 0 Å². The fourth-order valence-corrected chi connectivity index (χ4v) is 0.913. The summed E-state index contributed by atoms with van der Waals surface area (Å²) in [6.07, 6.45) is 2.83. The van der Waals surface area contributed by atoms with E-state index in [-0.39, 0.29) is 0 Å². The molecule has 1 fully saturated rings. The van der Waals surface area contributed by atoms with Gasteiger partial charge in [0.1, 0.15) is 0 Å². The fourth-order valence-electron chi connectivity index (χ4n) is 0.913. The molecule has 0 aromatic rings. The van der Waals surface area contributed by atoms with E-state index in [2.05, 4.69) is 5.32 Å². The minimum absolute atomic E-state index is 0.674. The highest BCUT2D eigenvalue weighted by Gasteiger charge is 2.21. The summed E-state index contributed by atoms with van der Waals surface area (Å²) in [7, 11) is 0. The van der Waals surface area contributed by atoms with E-state index in [0.717, 1.165) is 19.4 Å². The number of hydrogen-bond donors (Lipinski definition) is 3. The molecule has 0 amide bonds. The van der Waals surface area contributed by atoms with Gasteiger partial charge < -0.3 is 5.11 Å². The zero-order chi connectivity index (χ0) is 6.04. The lowest BCUT2D eigenvalue weighted by atomic mass is 10.1. The number of hydrogen-bond acceptors (Lipinski definition) is 3. The molecule has 3 nitrogen and oxygen atoms in total. The number of nitrogens with one attached hydrogen (secondary N) is 1. The quantitative estimate of drug-likeness (QED) is 0.369. The van der Waals surface area contributed by atoms with E-state index < -0.39 is 5.85 Å². The van der Waals surface area contributed by atoms with Gasteiger partial charge in [-0.05, 0) is 19.4 Å². The van der Waals surface area contributed by atoms with Gasteiger partial charge in [-0.1, -0.05) is 0 Å². The van der Waals surface area contributed by atoms with Crippen molar-refractivity contribution < 1.29 is 5.11 Å². The van der Waals surface area contributed by atoms with Crippen LogP contribution in [-0.2, 0) is 0 Å². The van der Waals surface area contributed by atoms with Gasteiger partial charge in [-0.3, -0.25) is 11.1 Å². The van der Waals surface area contributed by atoms with Gasteiger partial charge in [0.15, 0.2) is 5.85 Å². The van der Waals surface area contributed by atoms with Gasteiger partial charge in [-0.2, -0.15) is 0 Å². The van der Waals surface area contributed by atoms with Crippen molar-refractivity contribution in [1.29, 1.82) is 0 Å². The van der Waals surface area contributed by atoms with Crippen LogP contribution >= 0.6 is 0 Å². The summed E-state index contributed by atoms with van der Waals surface area (Å²) in [5.41, 5.74) is 5.32. The fraction of sp³-hybridized carbons (Fsp3) is 1.00. The minimum atomic E-state index is -1.07. The molecule has 0 aromatic heterocycles. The second kappa shape index (κ2) is 2.01. The molecule has 4 N–H and O–H groups in total. The summed E-state index contributed by atoms with van der Waals surface area (Å²) in [4.78, 5) is 0. The van der Waals surface area contributed by atoms with Gasteiger partial charge in [0, 0.05) is 6.42 Å². The maximum absolute atomic E-state index is 9.04. The summed E-state index contributed by atoms with van der Waals surface area (Å²) in [5.74, 6) is -1.07. The monoisotopic (exact) mass is 116 g/mol. The van der Waals surface area contributed by atoms with E-state index in [1.54, 1.807) is 0 Å². The predicted octanol–water partition coefficient (Wildman–Crippen LogP) is -0.635. The highest BCUT2D eigenvalue weighted by atomic mass is 16.3. The van der Waals surface area contributed by atoms with Crippen LogP contribution in [0.3, 0.4) is 0 Å². The summed E-state index contributed by atoms with van der Waals surface area (Å²) in [6.45, 7) is 0.840. The molecule has 0 bridgehead atoms. The molecule has 1 heterocycles. The number of aliphatic hydroxyl groups is 1. The zero-order valence-corrected chi connectivity index (χ0v) is 4.85. The first kappa shape index (κ1) is 6.01. The largest absolute Gasteiger partial charge is 0.363 e. The molecule has 0 saturated carbocycles. The van der Waals surface area contributed by atoms with E-state index in [0.29, 0.717) is 6.42 Å². The standard InChI is InChI=1S/C5H12N2O/c6-5(8)3-1-2-4-7-5/h7-8H,1-4,6H2. The molecule has 1 unspecified atom stereocenters. The van der Waals surface area contributed by atoms with Crippen molar-refractivity contribution in [1.82, 2.24) is 5.32 Å². The Hall–Kier alpha value is -0.120. The van der Waals surface area contributed by atoms with Gasteiger partial charge in [-0.15, -0.1) is 0 Å². The van der Waals surface area contributed by atoms with Crippen molar-refractivity contribution in [2.45, 2.75) is 25.1 Å². The Labute approximate surface area is 48.9 Å². The number of piperidine rings is 1. The van der Waals surface area contributed by atoms with Crippen LogP contribution < -0.4 is 11.1 Å². The summed E-state index contributed by atoms with van der Waals surface area (Å²) < 4.78 is 0. The van der Waals surface area contributed by atoms with Crippen LogP contribution in [0.1, 0.15) is 19.3 Å². The van der Waals surface area contributed by atoms with Crippen molar-refractivity contribution >= 4 is 0 Å². The molecule has 0 aromatic carbocycles. The molecule has 1 saturated heterocycles. The first-order valence-electron chi connectivity index (χ1n) is 2.97. The van der Waals surface area contributed by atoms with Crippen LogP contribution in [0.2, 0.25) is 0 Å². The Bertz CT molecular complexity index is 74.5. The molecular formula is C5H12N2O. The van der Waals surface area contributed by atoms with E-state index in [1.807, 2.05) is 0 Å². The molecular weight excluding hydrogens is 104 g/mol. The van der Waals surface area contributed by atoms with Crippen LogP contribution in [0.25, 0.3) is 0 Å². The van der Waals surface area contributed by atoms with E-state index in [9.17, 15) is 0 Å². The average molecular weight is 116 g/mol. The molecule has 1 aliphatic heterocycles. The second-order valence-electron chi connectivity index (χ2n) is 2.31. The summed E-state index contributed by atoms with van der Waals surface area (Å²) in [5, 5.41) is 11.8. The first-order chi connectivity index (χ1) is 3.71. The van der Waals surface area contributed by atoms with Crippen molar-refractivity contribution in [2.75, 3.05) is 6.54 Å². The van der Waals surface area contributed by atoms with Crippen LogP contribution in [-0.4, -0.2) is 17.5 Å². The molecule has 1 atom stereocenters. The molecule has 1 rings (SSSR count). The lowest BCUT2D eigenvalue weighted by Crippen LogP contribution is -2.55. The maximum atomic E-state index is 9.04. The topological polar surface area (TPSA) is 58.3 Å². The van der Waals surface area contributed by atoms with Crippen LogP contribution in [0.5, 0.6) is 0 Å². The van der Waals surface area contributed by atoms with E-state index in [1.165, 1.54) is 0 Å². The number of rotatable bonds is 0. The third-order valence-electron chi connectivity index (χ3n) is 1.42. The Morgan fingerprint density at radius 1 is 1.50 bits per heavy atom. The van der Waals surface area contributed by atoms with E-state index in [4.69, 9.17) is 10.8 Å². The SMILES string of the molecule is NC1(O)CCCCN1. The Morgan fingerprint density at radius 3 is 2.50 bits per heavy atom. The Morgan fingerprint density at radius 2 is 2.25 bits per heavy atom. The van der Waals surface area contributed by atoms with Crippen LogP contribution in [0, 0.1) is 0 Å². The lowest BCUT2D eigenvalue weighted by molar-refractivity contribution is -0.0125. The predicted molar refractivity (Wildman–Crippen MR) is 31.0 cm³/mol. The number of nitrogens with two attached hydrogens (primary N) is 1. The summed E-state index contributed by atoms with van der Waals surface area (Å²) in [6, 6.07) is 0. The molecule has 0 radical (unpaired) electrons. The highest BCUT2D eigenvalue weighted by molar-refractivity contribution is 4.72. The van der Waals surface area contributed by atoms with Crippen molar-refractivity contribution in [3.8, 4) is 0 Å². The van der Waals surface area contributed by atoms with Gasteiger partial charge in [0.05, 0.1) is 0 Å². The van der Waals surface area contributed by atoms with E-state index >= 15 is 0 Å². The van der Waals surface area contributed by atoms with Gasteiger partial charge >= 0.3 is 0 Å². The van der Waals surface area contributed by atoms with Crippen molar-refractivity contribution in [3.63, 3.8) is 0 Å². The molecule has 1 aliphatic rings. The third kappa shape index (κ3) is 1.43. The van der Waals surface area contributed by atoms with Gasteiger partial charge in [-0.25, -0.2) is 0 Å². The van der Waals surface area contributed by atoms with Gasteiger partial charge in [0.25, 0.3) is 0 Å². The molecule has 3 heteroatoms. The third-order valence-corrected chi connectivity index (χ3v) is 1.42. The second-order valence-corrected chi connectivity index (χ2v) is 2.31. The summed E-state index contributed by atoms with van der Waals surface area (Å²) >= 11 is 0. The molecule has 0 spiro atoms. The smallest absolute Gasteiger partial charge is 0.169 e. The molecule has 48 valence electrons. The van der Waals surface area contributed by atoms with Crippen LogP contribution in [0.15, 0.2) is 0 Å². The highest BCUT2D eigenvalue weighted by Crippen LogP contribution is 2.09. The molecule has 0 aliphatic carbocycles. The first-order valence-corrected chi connectivity index (χ1v) is 2.97. The lowest BCUT2D eigenvalue weighted by Gasteiger charge is -2.28. The Balaban J connectivity index is 2.33. The molecule has 8 heavy (non-hydrogen) atoms. The van der Waals surface area contributed by atoms with Crippen molar-refractivity contribution in [3.05, 3.63) is 0 Å². The Kier molecular flexibility index (Phi) is 1.51. The average Bonchev–Trinajstić information content (AvgIpc) is 1.65. The normalized spacial score (nSPS) is 39.8. The minimum Gasteiger partial charge on any atom is -0.363 e. The maximum Gasteiger partial charge on any atom is 0.169 e. The van der Waals surface area contributed by atoms with Crippen molar-refractivity contribution in [2.24, 2.45) is 5.73 Å². The van der Waals surface area contributed by atoms with Crippen LogP contribution in [0.4, 0.5) is 0 Å². The zero-order valence-electron chi connectivity index (χ0n) is 4.85.